The Morgan fingerprint density at radius 1 is 1.26 bits per heavy atom. The molecule has 2 rings (SSSR count). The average Bonchev–Trinajstić information content (AvgIpc) is 2.45. The molecule has 0 aliphatic rings. The van der Waals surface area contributed by atoms with Gasteiger partial charge in [0.1, 0.15) is 12.4 Å². The fourth-order valence-electron chi connectivity index (χ4n) is 1.77. The highest BCUT2D eigenvalue weighted by molar-refractivity contribution is 5.31. The van der Waals surface area contributed by atoms with Gasteiger partial charge in [-0.15, -0.1) is 0 Å². The number of rotatable bonds is 5. The third-order valence-electron chi connectivity index (χ3n) is 2.82. The monoisotopic (exact) mass is 258 g/mol. The number of nitrogens with two attached hydrogens (primary N) is 1. The van der Waals surface area contributed by atoms with Gasteiger partial charge in [0.2, 0.25) is 5.88 Å². The Morgan fingerprint density at radius 2 is 2.11 bits per heavy atom. The van der Waals surface area contributed by atoms with Gasteiger partial charge in [-0.1, -0.05) is 12.1 Å². The Bertz CT molecular complexity index is 541. The molecule has 2 aromatic rings. The Labute approximate surface area is 113 Å². The maximum Gasteiger partial charge on any atom is 0.219 e. The van der Waals surface area contributed by atoms with E-state index in [0.717, 1.165) is 16.9 Å². The third-order valence-corrected chi connectivity index (χ3v) is 2.82. The number of hydrogen-bond acceptors (Lipinski definition) is 4. The number of methoxy groups -OCH3 is 1. The van der Waals surface area contributed by atoms with Crippen LogP contribution in [0.2, 0.25) is 0 Å². The van der Waals surface area contributed by atoms with Gasteiger partial charge in [-0.3, -0.25) is 0 Å². The summed E-state index contributed by atoms with van der Waals surface area (Å²) in [5.41, 5.74) is 7.81. The molecule has 0 bridgehead atoms. The van der Waals surface area contributed by atoms with Crippen LogP contribution in [-0.2, 0) is 6.61 Å². The van der Waals surface area contributed by atoms with E-state index in [1.165, 1.54) is 0 Å². The lowest BCUT2D eigenvalue weighted by molar-refractivity contribution is 0.293. The lowest BCUT2D eigenvalue weighted by Crippen LogP contribution is -2.05. The first kappa shape index (κ1) is 13.4. The van der Waals surface area contributed by atoms with Crippen molar-refractivity contribution in [1.29, 1.82) is 0 Å². The molecule has 100 valence electrons. The van der Waals surface area contributed by atoms with Crippen molar-refractivity contribution >= 4 is 0 Å². The molecule has 1 atom stereocenters. The fourth-order valence-corrected chi connectivity index (χ4v) is 1.77. The fraction of sp³-hybridized carbons (Fsp3) is 0.267. The summed E-state index contributed by atoms with van der Waals surface area (Å²) in [6, 6.07) is 11.6. The van der Waals surface area contributed by atoms with Gasteiger partial charge in [0.25, 0.3) is 0 Å². The molecule has 19 heavy (non-hydrogen) atoms. The molecule has 0 aliphatic heterocycles. The summed E-state index contributed by atoms with van der Waals surface area (Å²) in [5.74, 6) is 1.38. The van der Waals surface area contributed by atoms with Crippen molar-refractivity contribution in [3.8, 4) is 11.6 Å². The first-order valence-electron chi connectivity index (χ1n) is 6.17. The van der Waals surface area contributed by atoms with Crippen molar-refractivity contribution in [2.24, 2.45) is 5.73 Å². The zero-order valence-corrected chi connectivity index (χ0v) is 11.2. The topological polar surface area (TPSA) is 57.4 Å². The van der Waals surface area contributed by atoms with Gasteiger partial charge in [0.15, 0.2) is 0 Å². The quantitative estimate of drug-likeness (QED) is 0.895. The van der Waals surface area contributed by atoms with Crippen LogP contribution in [0.5, 0.6) is 11.6 Å². The Kier molecular flexibility index (Phi) is 4.36. The van der Waals surface area contributed by atoms with Crippen LogP contribution < -0.4 is 15.2 Å². The van der Waals surface area contributed by atoms with E-state index < -0.39 is 0 Å². The van der Waals surface area contributed by atoms with E-state index in [0.29, 0.717) is 12.5 Å². The first-order chi connectivity index (χ1) is 9.20. The molecule has 0 unspecified atom stereocenters. The maximum absolute atomic E-state index is 5.85. The zero-order valence-electron chi connectivity index (χ0n) is 11.2. The van der Waals surface area contributed by atoms with Gasteiger partial charge < -0.3 is 15.2 Å². The summed E-state index contributed by atoms with van der Waals surface area (Å²) in [5, 5.41) is 0. The predicted molar refractivity (Wildman–Crippen MR) is 74.2 cm³/mol. The van der Waals surface area contributed by atoms with Crippen molar-refractivity contribution < 1.29 is 9.47 Å². The molecule has 0 saturated carbocycles. The lowest BCUT2D eigenvalue weighted by Gasteiger charge is -2.11. The standard InChI is InChI=1S/C15H18N2O2/c1-11(16)12-5-3-7-14(9-12)19-10-13-6-4-8-17-15(13)18-2/h3-9,11H,10,16H2,1-2H3/t11-/m1/s1. The minimum absolute atomic E-state index is 0.00326. The highest BCUT2D eigenvalue weighted by Crippen LogP contribution is 2.20. The van der Waals surface area contributed by atoms with Crippen LogP contribution in [0.25, 0.3) is 0 Å². The van der Waals surface area contributed by atoms with Crippen LogP contribution in [0.1, 0.15) is 24.1 Å². The second-order valence-electron chi connectivity index (χ2n) is 4.32. The second kappa shape index (κ2) is 6.20. The van der Waals surface area contributed by atoms with Gasteiger partial charge >= 0.3 is 0 Å². The summed E-state index contributed by atoms with van der Waals surface area (Å²) in [4.78, 5) is 4.13. The van der Waals surface area contributed by atoms with Crippen LogP contribution in [0, 0.1) is 0 Å². The summed E-state index contributed by atoms with van der Waals surface area (Å²) in [6.07, 6.45) is 1.69. The molecule has 0 fully saturated rings. The van der Waals surface area contributed by atoms with E-state index in [1.807, 2.05) is 43.3 Å². The maximum atomic E-state index is 5.85. The van der Waals surface area contributed by atoms with Crippen LogP contribution >= 0.6 is 0 Å². The minimum atomic E-state index is -0.00326. The van der Waals surface area contributed by atoms with E-state index in [4.69, 9.17) is 15.2 Å². The van der Waals surface area contributed by atoms with Gasteiger partial charge in [0.05, 0.1) is 12.7 Å². The summed E-state index contributed by atoms with van der Waals surface area (Å²) in [7, 11) is 1.60. The largest absolute Gasteiger partial charge is 0.489 e. The molecule has 1 aromatic heterocycles. The highest BCUT2D eigenvalue weighted by atomic mass is 16.5. The van der Waals surface area contributed by atoms with E-state index in [2.05, 4.69) is 4.98 Å². The predicted octanol–water partition coefficient (Wildman–Crippen LogP) is 2.69. The van der Waals surface area contributed by atoms with Gasteiger partial charge in [-0.05, 0) is 36.8 Å². The molecular formula is C15H18N2O2. The zero-order chi connectivity index (χ0) is 13.7. The first-order valence-corrected chi connectivity index (χ1v) is 6.17. The Balaban J connectivity index is 2.08. The van der Waals surface area contributed by atoms with Gasteiger partial charge in [0, 0.05) is 12.2 Å². The highest BCUT2D eigenvalue weighted by Gasteiger charge is 2.05. The smallest absolute Gasteiger partial charge is 0.219 e. The molecule has 4 nitrogen and oxygen atoms in total. The van der Waals surface area contributed by atoms with Gasteiger partial charge in [-0.2, -0.15) is 0 Å². The summed E-state index contributed by atoms with van der Waals surface area (Å²) >= 11 is 0. The van der Waals surface area contributed by atoms with Crippen LogP contribution in [-0.4, -0.2) is 12.1 Å². The Hall–Kier alpha value is -2.07. The average molecular weight is 258 g/mol. The number of benzene rings is 1. The van der Waals surface area contributed by atoms with E-state index in [9.17, 15) is 0 Å². The van der Waals surface area contributed by atoms with Crippen molar-refractivity contribution in [2.45, 2.75) is 19.6 Å². The molecule has 4 heteroatoms. The Morgan fingerprint density at radius 3 is 2.84 bits per heavy atom. The number of ether oxygens (including phenoxy) is 2. The number of nitrogens with zero attached hydrogens (tertiary/aromatic N) is 1. The molecule has 0 amide bonds. The number of pyridine rings is 1. The SMILES string of the molecule is COc1ncccc1COc1cccc([C@@H](C)N)c1. The van der Waals surface area contributed by atoms with Crippen molar-refractivity contribution in [3.63, 3.8) is 0 Å². The molecule has 1 heterocycles. The van der Waals surface area contributed by atoms with Crippen molar-refractivity contribution in [3.05, 3.63) is 53.7 Å². The van der Waals surface area contributed by atoms with E-state index in [1.54, 1.807) is 13.3 Å². The van der Waals surface area contributed by atoms with Crippen molar-refractivity contribution in [1.82, 2.24) is 4.98 Å². The second-order valence-corrected chi connectivity index (χ2v) is 4.32. The van der Waals surface area contributed by atoms with Crippen LogP contribution in [0.4, 0.5) is 0 Å². The summed E-state index contributed by atoms with van der Waals surface area (Å²) in [6.45, 7) is 2.36. The molecule has 0 spiro atoms. The van der Waals surface area contributed by atoms with Crippen LogP contribution in [0.3, 0.4) is 0 Å². The summed E-state index contributed by atoms with van der Waals surface area (Å²) < 4.78 is 10.9. The lowest BCUT2D eigenvalue weighted by atomic mass is 10.1. The number of hydrogen-bond donors (Lipinski definition) is 1. The molecule has 1 aromatic carbocycles. The van der Waals surface area contributed by atoms with E-state index in [-0.39, 0.29) is 6.04 Å². The normalized spacial score (nSPS) is 11.9. The molecule has 2 N–H and O–H groups in total. The molecule has 0 radical (unpaired) electrons. The van der Waals surface area contributed by atoms with Gasteiger partial charge in [-0.25, -0.2) is 4.98 Å². The van der Waals surface area contributed by atoms with Crippen molar-refractivity contribution in [2.75, 3.05) is 7.11 Å². The molecule has 0 aliphatic carbocycles. The molecular weight excluding hydrogens is 240 g/mol. The minimum Gasteiger partial charge on any atom is -0.489 e. The number of aromatic nitrogens is 1. The van der Waals surface area contributed by atoms with Crippen LogP contribution in [0.15, 0.2) is 42.6 Å². The molecule has 0 saturated heterocycles. The van der Waals surface area contributed by atoms with E-state index >= 15 is 0 Å². The third kappa shape index (κ3) is 3.45.